The Morgan fingerprint density at radius 2 is 1.94 bits per heavy atom. The number of carbonyl (C=O) groups excluding carboxylic acids is 3. The number of nitrogens with one attached hydrogen (secondary N) is 1. The summed E-state index contributed by atoms with van der Waals surface area (Å²) in [6.07, 6.45) is 1.71. The summed E-state index contributed by atoms with van der Waals surface area (Å²) in [4.78, 5) is 40.3. The molecule has 0 saturated carbocycles. The summed E-state index contributed by atoms with van der Waals surface area (Å²) in [5.74, 6) is -1.32. The molecule has 0 aliphatic carbocycles. The second-order valence-electron chi connectivity index (χ2n) is 8.87. The first-order valence-electron chi connectivity index (χ1n) is 11.8. The van der Waals surface area contributed by atoms with E-state index in [2.05, 4.69) is 5.32 Å². The average molecular weight is 483 g/mol. The number of methoxy groups -OCH3 is 1. The van der Waals surface area contributed by atoms with Crippen LogP contribution >= 0.6 is 0 Å². The zero-order valence-corrected chi connectivity index (χ0v) is 20.2. The number of ether oxygens (including phenoxy) is 1. The Hall–Kier alpha value is -3.43. The Morgan fingerprint density at radius 3 is 2.66 bits per heavy atom. The predicted molar refractivity (Wildman–Crippen MR) is 132 cm³/mol. The lowest BCUT2D eigenvalue weighted by Crippen LogP contribution is -2.55. The van der Waals surface area contributed by atoms with Crippen molar-refractivity contribution in [2.24, 2.45) is 11.5 Å². The predicted octanol–water partition coefficient (Wildman–Crippen LogP) is 1.10. The van der Waals surface area contributed by atoms with Crippen molar-refractivity contribution in [1.29, 1.82) is 0 Å². The highest BCUT2D eigenvalue weighted by Gasteiger charge is 2.33. The lowest BCUT2D eigenvalue weighted by Gasteiger charge is -2.31. The van der Waals surface area contributed by atoms with Crippen molar-refractivity contribution in [2.45, 2.75) is 50.2 Å². The van der Waals surface area contributed by atoms with Gasteiger partial charge >= 0.3 is 5.97 Å². The SMILES string of the molecule is COC(=O)[C@@H]1Cc2cccc(c2)-c2ccc(O)c(c2)CC[C@H](N)C(=O)N[C@@H](CCCN)C(=O)N1C. The van der Waals surface area contributed by atoms with Crippen LogP contribution in [0.1, 0.15) is 30.4 Å². The van der Waals surface area contributed by atoms with Crippen LogP contribution in [0.2, 0.25) is 0 Å². The van der Waals surface area contributed by atoms with Crippen LogP contribution in [0.4, 0.5) is 0 Å². The molecule has 0 saturated heterocycles. The fourth-order valence-electron chi connectivity index (χ4n) is 4.28. The van der Waals surface area contributed by atoms with Gasteiger partial charge in [-0.15, -0.1) is 0 Å². The van der Waals surface area contributed by atoms with Gasteiger partial charge in [0.2, 0.25) is 11.8 Å². The number of likely N-dealkylation sites (N-methyl/N-ethyl adjacent to an activating group) is 1. The molecule has 35 heavy (non-hydrogen) atoms. The number of rotatable bonds is 4. The van der Waals surface area contributed by atoms with E-state index in [0.717, 1.165) is 16.7 Å². The first-order chi connectivity index (χ1) is 16.7. The maximum Gasteiger partial charge on any atom is 0.328 e. The van der Waals surface area contributed by atoms with Crippen LogP contribution in [-0.4, -0.2) is 66.6 Å². The third-order valence-corrected chi connectivity index (χ3v) is 6.43. The molecule has 0 spiro atoms. The number of phenols is 1. The normalized spacial score (nSPS) is 21.4. The molecule has 3 rings (SSSR count). The van der Waals surface area contributed by atoms with E-state index in [4.69, 9.17) is 16.2 Å². The number of amides is 2. The molecule has 4 bridgehead atoms. The number of phenolic OH excluding ortho intramolecular Hbond substituents is 1. The highest BCUT2D eigenvalue weighted by atomic mass is 16.5. The maximum absolute atomic E-state index is 13.4. The van der Waals surface area contributed by atoms with Gasteiger partial charge in [-0.1, -0.05) is 30.3 Å². The molecule has 2 amide bonds. The van der Waals surface area contributed by atoms with Crippen molar-refractivity contribution in [3.63, 3.8) is 0 Å². The van der Waals surface area contributed by atoms with E-state index in [0.29, 0.717) is 31.4 Å². The number of esters is 1. The highest BCUT2D eigenvalue weighted by Crippen LogP contribution is 2.28. The van der Waals surface area contributed by atoms with Crippen molar-refractivity contribution in [1.82, 2.24) is 10.2 Å². The largest absolute Gasteiger partial charge is 0.508 e. The van der Waals surface area contributed by atoms with E-state index < -0.39 is 35.9 Å². The summed E-state index contributed by atoms with van der Waals surface area (Å²) < 4.78 is 5.00. The Morgan fingerprint density at radius 1 is 1.20 bits per heavy atom. The van der Waals surface area contributed by atoms with Gasteiger partial charge in [0.05, 0.1) is 13.2 Å². The van der Waals surface area contributed by atoms with Crippen LogP contribution in [0.15, 0.2) is 42.5 Å². The Balaban J connectivity index is 2.07. The Labute approximate surface area is 205 Å². The van der Waals surface area contributed by atoms with E-state index in [1.54, 1.807) is 6.07 Å². The molecule has 6 N–H and O–H groups in total. The Kier molecular flexibility index (Phi) is 8.84. The second kappa shape index (κ2) is 11.8. The third kappa shape index (κ3) is 6.37. The number of hydrogen-bond acceptors (Lipinski definition) is 7. The van der Waals surface area contributed by atoms with Gasteiger partial charge in [-0.3, -0.25) is 9.59 Å². The first kappa shape index (κ1) is 26.2. The standard InChI is InChI=1S/C26H34N4O5/c1-30-22(26(34)35-2)14-16-5-3-6-17(13-16)18-9-11-23(31)19(15-18)8-10-20(28)24(32)29-21(25(30)33)7-4-12-27/h3,5-6,9,11,13,15,20-22,31H,4,7-8,10,12,14,27-28H2,1-2H3,(H,29,32)/t20-,21-,22-/m0/s1. The maximum atomic E-state index is 13.4. The van der Waals surface area contributed by atoms with Gasteiger partial charge in [0, 0.05) is 13.5 Å². The highest BCUT2D eigenvalue weighted by molar-refractivity contribution is 5.92. The van der Waals surface area contributed by atoms with Gasteiger partial charge in [-0.25, -0.2) is 4.79 Å². The molecule has 9 heteroatoms. The molecule has 188 valence electrons. The van der Waals surface area contributed by atoms with Crippen molar-refractivity contribution in [3.8, 4) is 16.9 Å². The Bertz CT molecular complexity index is 1070. The molecule has 2 aromatic rings. The molecular weight excluding hydrogens is 448 g/mol. The molecule has 9 nitrogen and oxygen atoms in total. The number of fused-ring (bicyclic) bond motifs is 5. The summed E-state index contributed by atoms with van der Waals surface area (Å²) >= 11 is 0. The zero-order chi connectivity index (χ0) is 25.5. The number of nitrogens with zero attached hydrogens (tertiary/aromatic N) is 1. The molecule has 1 heterocycles. The molecule has 0 unspecified atom stereocenters. The summed E-state index contributed by atoms with van der Waals surface area (Å²) in [6, 6.07) is 10.3. The number of carbonyl (C=O) groups is 3. The molecular formula is C26H34N4O5. The summed E-state index contributed by atoms with van der Waals surface area (Å²) in [5.41, 5.74) is 15.1. The zero-order valence-electron chi connectivity index (χ0n) is 20.2. The van der Waals surface area contributed by atoms with Gasteiger partial charge in [-0.2, -0.15) is 0 Å². The van der Waals surface area contributed by atoms with Crippen LogP contribution in [-0.2, 0) is 32.0 Å². The van der Waals surface area contributed by atoms with Crippen molar-refractivity contribution in [3.05, 3.63) is 53.6 Å². The minimum absolute atomic E-state index is 0.127. The second-order valence-corrected chi connectivity index (χ2v) is 8.87. The van der Waals surface area contributed by atoms with Crippen molar-refractivity contribution < 1.29 is 24.2 Å². The summed E-state index contributed by atoms with van der Waals surface area (Å²) in [6.45, 7) is 0.345. The van der Waals surface area contributed by atoms with E-state index in [9.17, 15) is 19.5 Å². The van der Waals surface area contributed by atoms with Crippen LogP contribution in [0.5, 0.6) is 5.75 Å². The van der Waals surface area contributed by atoms with Crippen LogP contribution in [0.25, 0.3) is 11.1 Å². The monoisotopic (exact) mass is 482 g/mol. The smallest absolute Gasteiger partial charge is 0.328 e. The number of nitrogens with two attached hydrogens (primary N) is 2. The third-order valence-electron chi connectivity index (χ3n) is 6.43. The fraction of sp³-hybridized carbons (Fsp3) is 0.423. The van der Waals surface area contributed by atoms with Crippen LogP contribution in [0.3, 0.4) is 0 Å². The molecule has 1 aliphatic heterocycles. The van der Waals surface area contributed by atoms with Gasteiger partial charge in [0.25, 0.3) is 0 Å². The van der Waals surface area contributed by atoms with E-state index in [-0.39, 0.29) is 18.6 Å². The van der Waals surface area contributed by atoms with Crippen molar-refractivity contribution in [2.75, 3.05) is 20.7 Å². The minimum Gasteiger partial charge on any atom is -0.508 e. The van der Waals surface area contributed by atoms with E-state index in [1.807, 2.05) is 36.4 Å². The van der Waals surface area contributed by atoms with E-state index in [1.165, 1.54) is 19.1 Å². The molecule has 1 aliphatic rings. The van der Waals surface area contributed by atoms with Gasteiger partial charge in [-0.05, 0) is 66.6 Å². The number of aryl methyl sites for hydroxylation is 1. The fourth-order valence-corrected chi connectivity index (χ4v) is 4.28. The van der Waals surface area contributed by atoms with Gasteiger partial charge in [0.15, 0.2) is 0 Å². The number of aromatic hydroxyl groups is 1. The molecule has 0 aromatic heterocycles. The summed E-state index contributed by atoms with van der Waals surface area (Å²) in [7, 11) is 2.81. The molecule has 3 atom stereocenters. The van der Waals surface area contributed by atoms with Crippen LogP contribution in [0, 0.1) is 0 Å². The first-order valence-corrected chi connectivity index (χ1v) is 11.8. The van der Waals surface area contributed by atoms with Gasteiger partial charge < -0.3 is 31.5 Å². The molecule has 0 radical (unpaired) electrons. The number of benzene rings is 2. The van der Waals surface area contributed by atoms with Crippen LogP contribution < -0.4 is 16.8 Å². The van der Waals surface area contributed by atoms with Gasteiger partial charge in [0.1, 0.15) is 17.8 Å². The average Bonchev–Trinajstić information content (AvgIpc) is 2.87. The van der Waals surface area contributed by atoms with E-state index >= 15 is 0 Å². The van der Waals surface area contributed by atoms with Crippen molar-refractivity contribution >= 4 is 17.8 Å². The molecule has 0 fully saturated rings. The molecule has 2 aromatic carbocycles. The lowest BCUT2D eigenvalue weighted by molar-refractivity contribution is -0.152. The lowest BCUT2D eigenvalue weighted by atomic mass is 9.95. The number of hydrogen-bond donors (Lipinski definition) is 4. The topological polar surface area (TPSA) is 148 Å². The summed E-state index contributed by atoms with van der Waals surface area (Å²) in [5, 5.41) is 13.1. The quantitative estimate of drug-likeness (QED) is 0.477. The minimum atomic E-state index is -0.892.